The molecule has 3 nitrogen and oxygen atoms in total. The molecule has 3 heteroatoms. The van der Waals surface area contributed by atoms with Crippen molar-refractivity contribution < 1.29 is 9.57 Å². The first-order valence-corrected chi connectivity index (χ1v) is 10.0. The van der Waals surface area contributed by atoms with Crippen molar-refractivity contribution in [3.05, 3.63) is 90.0 Å². The zero-order valence-corrected chi connectivity index (χ0v) is 16.5. The third-order valence-corrected chi connectivity index (χ3v) is 5.63. The maximum atomic E-state index is 5.77. The molecule has 0 aromatic heterocycles. The number of nitrogens with zero attached hydrogens (tertiary/aromatic N) is 1. The van der Waals surface area contributed by atoms with Crippen molar-refractivity contribution in [1.29, 1.82) is 0 Å². The highest BCUT2D eigenvalue weighted by atomic mass is 16.6. The number of hydrogen-bond donors (Lipinski definition) is 0. The van der Waals surface area contributed by atoms with E-state index in [9.17, 15) is 0 Å². The fourth-order valence-corrected chi connectivity index (χ4v) is 4.22. The SMILES string of the molecule is COc1c(CC2CC(Cc3ccc4ccccc4c3)=NO2)ccc2ccccc12. The minimum Gasteiger partial charge on any atom is -0.496 e. The summed E-state index contributed by atoms with van der Waals surface area (Å²) in [7, 11) is 1.74. The molecule has 1 unspecified atom stereocenters. The molecule has 0 aliphatic carbocycles. The lowest BCUT2D eigenvalue weighted by atomic mass is 9.97. The molecule has 5 rings (SSSR count). The monoisotopic (exact) mass is 381 g/mol. The third kappa shape index (κ3) is 3.56. The molecule has 1 aliphatic rings. The van der Waals surface area contributed by atoms with E-state index in [0.717, 1.165) is 36.1 Å². The van der Waals surface area contributed by atoms with E-state index in [0.29, 0.717) is 0 Å². The fourth-order valence-electron chi connectivity index (χ4n) is 4.22. The number of fused-ring (bicyclic) bond motifs is 2. The van der Waals surface area contributed by atoms with Gasteiger partial charge in [0, 0.05) is 24.6 Å². The van der Waals surface area contributed by atoms with Crippen molar-refractivity contribution in [1.82, 2.24) is 0 Å². The lowest BCUT2D eigenvalue weighted by Crippen LogP contribution is -2.13. The Balaban J connectivity index is 1.30. The lowest BCUT2D eigenvalue weighted by molar-refractivity contribution is 0.0854. The Morgan fingerprint density at radius 1 is 0.897 bits per heavy atom. The summed E-state index contributed by atoms with van der Waals surface area (Å²) < 4.78 is 5.74. The first kappa shape index (κ1) is 17.7. The zero-order chi connectivity index (χ0) is 19.6. The van der Waals surface area contributed by atoms with Crippen LogP contribution in [0.5, 0.6) is 5.75 Å². The van der Waals surface area contributed by atoms with Crippen LogP contribution in [0.3, 0.4) is 0 Å². The molecule has 0 spiro atoms. The second-order valence-electron chi connectivity index (χ2n) is 7.63. The van der Waals surface area contributed by atoms with Crippen LogP contribution in [0.25, 0.3) is 21.5 Å². The zero-order valence-electron chi connectivity index (χ0n) is 16.5. The summed E-state index contributed by atoms with van der Waals surface area (Å²) >= 11 is 0. The highest BCUT2D eigenvalue weighted by molar-refractivity contribution is 5.91. The summed E-state index contributed by atoms with van der Waals surface area (Å²) in [6.45, 7) is 0. The molecule has 1 aliphatic heterocycles. The number of hydrogen-bond acceptors (Lipinski definition) is 3. The van der Waals surface area contributed by atoms with E-state index in [1.165, 1.54) is 27.3 Å². The van der Waals surface area contributed by atoms with Gasteiger partial charge in [-0.3, -0.25) is 0 Å². The highest BCUT2D eigenvalue weighted by Gasteiger charge is 2.23. The average Bonchev–Trinajstić information content (AvgIpc) is 3.20. The van der Waals surface area contributed by atoms with Crippen LogP contribution < -0.4 is 4.74 Å². The normalized spacial score (nSPS) is 16.0. The van der Waals surface area contributed by atoms with Gasteiger partial charge >= 0.3 is 0 Å². The predicted octanol–water partition coefficient (Wildman–Crippen LogP) is 5.93. The predicted molar refractivity (Wildman–Crippen MR) is 119 cm³/mol. The third-order valence-electron chi connectivity index (χ3n) is 5.63. The van der Waals surface area contributed by atoms with E-state index >= 15 is 0 Å². The summed E-state index contributed by atoms with van der Waals surface area (Å²) in [6, 6.07) is 27.7. The summed E-state index contributed by atoms with van der Waals surface area (Å²) in [5.74, 6) is 0.940. The van der Waals surface area contributed by atoms with E-state index in [4.69, 9.17) is 9.57 Å². The molecule has 0 amide bonds. The number of ether oxygens (including phenoxy) is 1. The van der Waals surface area contributed by atoms with Crippen LogP contribution >= 0.6 is 0 Å². The van der Waals surface area contributed by atoms with Gasteiger partial charge in [0.2, 0.25) is 0 Å². The number of oxime groups is 1. The van der Waals surface area contributed by atoms with Crippen LogP contribution in [-0.2, 0) is 17.7 Å². The minimum atomic E-state index is 0.0560. The molecule has 4 aromatic carbocycles. The second kappa shape index (κ2) is 7.59. The first-order chi connectivity index (χ1) is 14.3. The van der Waals surface area contributed by atoms with Crippen LogP contribution in [0.2, 0.25) is 0 Å². The molecular formula is C26H23NO2. The van der Waals surface area contributed by atoms with Gasteiger partial charge in [0.05, 0.1) is 12.8 Å². The van der Waals surface area contributed by atoms with Crippen molar-refractivity contribution in [2.24, 2.45) is 5.16 Å². The molecule has 1 atom stereocenters. The van der Waals surface area contributed by atoms with Crippen LogP contribution in [0, 0.1) is 0 Å². The van der Waals surface area contributed by atoms with Gasteiger partial charge in [0.15, 0.2) is 0 Å². The quantitative estimate of drug-likeness (QED) is 0.429. The number of methoxy groups -OCH3 is 1. The van der Waals surface area contributed by atoms with Gasteiger partial charge in [-0.15, -0.1) is 0 Å². The van der Waals surface area contributed by atoms with Crippen molar-refractivity contribution in [3.63, 3.8) is 0 Å². The van der Waals surface area contributed by atoms with Crippen molar-refractivity contribution in [3.8, 4) is 5.75 Å². The molecule has 0 saturated heterocycles. The maximum Gasteiger partial charge on any atom is 0.137 e. The van der Waals surface area contributed by atoms with Gasteiger partial charge in [0.1, 0.15) is 11.9 Å². The maximum absolute atomic E-state index is 5.77. The van der Waals surface area contributed by atoms with Gasteiger partial charge in [-0.1, -0.05) is 84.0 Å². The highest BCUT2D eigenvalue weighted by Crippen LogP contribution is 2.32. The molecular weight excluding hydrogens is 358 g/mol. The Bertz CT molecular complexity index is 1210. The van der Waals surface area contributed by atoms with Crippen molar-refractivity contribution in [2.75, 3.05) is 7.11 Å². The van der Waals surface area contributed by atoms with E-state index in [2.05, 4.69) is 78.0 Å². The summed E-state index contributed by atoms with van der Waals surface area (Å²) in [6.07, 6.45) is 2.53. The van der Waals surface area contributed by atoms with Crippen LogP contribution in [-0.4, -0.2) is 18.9 Å². The van der Waals surface area contributed by atoms with Crippen molar-refractivity contribution in [2.45, 2.75) is 25.4 Å². The van der Waals surface area contributed by atoms with Crippen LogP contribution in [0.15, 0.2) is 84.0 Å². The molecule has 144 valence electrons. The number of rotatable bonds is 5. The summed E-state index contributed by atoms with van der Waals surface area (Å²) in [5.41, 5.74) is 3.54. The fraction of sp³-hybridized carbons (Fsp3) is 0.192. The first-order valence-electron chi connectivity index (χ1n) is 10.0. The summed E-state index contributed by atoms with van der Waals surface area (Å²) in [4.78, 5) is 5.77. The topological polar surface area (TPSA) is 30.8 Å². The van der Waals surface area contributed by atoms with E-state index < -0.39 is 0 Å². The Hall–Kier alpha value is -3.33. The van der Waals surface area contributed by atoms with Crippen LogP contribution in [0.4, 0.5) is 0 Å². The number of benzene rings is 4. The van der Waals surface area contributed by atoms with Gasteiger partial charge in [-0.25, -0.2) is 0 Å². The summed E-state index contributed by atoms with van der Waals surface area (Å²) in [5, 5.41) is 9.24. The van der Waals surface area contributed by atoms with E-state index in [1.807, 2.05) is 6.07 Å². The van der Waals surface area contributed by atoms with Crippen LogP contribution in [0.1, 0.15) is 17.5 Å². The molecule has 0 bridgehead atoms. The standard InChI is InChI=1S/C26H23NO2/c1-28-26-22(13-12-20-7-4-5-9-25(20)26)16-24-17-23(27-29-24)15-18-10-11-19-6-2-3-8-21(19)14-18/h2-14,24H,15-17H2,1H3. The Labute approximate surface area is 170 Å². The largest absolute Gasteiger partial charge is 0.496 e. The lowest BCUT2D eigenvalue weighted by Gasteiger charge is -2.14. The average molecular weight is 381 g/mol. The van der Waals surface area contributed by atoms with Gasteiger partial charge < -0.3 is 9.57 Å². The smallest absolute Gasteiger partial charge is 0.137 e. The van der Waals surface area contributed by atoms with E-state index in [-0.39, 0.29) is 6.10 Å². The van der Waals surface area contributed by atoms with E-state index in [1.54, 1.807) is 7.11 Å². The molecule has 0 radical (unpaired) electrons. The second-order valence-corrected chi connectivity index (χ2v) is 7.63. The van der Waals surface area contributed by atoms with Gasteiger partial charge in [-0.05, 0) is 27.3 Å². The van der Waals surface area contributed by atoms with Gasteiger partial charge in [0.25, 0.3) is 0 Å². The molecule has 29 heavy (non-hydrogen) atoms. The van der Waals surface area contributed by atoms with Crippen molar-refractivity contribution >= 4 is 27.3 Å². The Morgan fingerprint density at radius 2 is 1.66 bits per heavy atom. The molecule has 0 saturated carbocycles. The molecule has 4 aromatic rings. The Morgan fingerprint density at radius 3 is 2.52 bits per heavy atom. The molecule has 0 fully saturated rings. The molecule has 0 N–H and O–H groups in total. The van der Waals surface area contributed by atoms with Gasteiger partial charge in [-0.2, -0.15) is 0 Å². The minimum absolute atomic E-state index is 0.0560. The Kier molecular flexibility index (Phi) is 4.65. The molecule has 1 heterocycles.